The Balaban J connectivity index is 0.000000122. The third-order valence-electron chi connectivity index (χ3n) is 20.0. The molecular weight excluding hydrogens is 1270 g/mol. The molecule has 100 heavy (non-hydrogen) atoms. The van der Waals surface area contributed by atoms with Gasteiger partial charge < -0.3 is 13.7 Å². The molecule has 0 aromatic heterocycles. The van der Waals surface area contributed by atoms with E-state index in [9.17, 15) is 13.7 Å². The first-order valence-electron chi connectivity index (χ1n) is 34.1. The second-order valence-corrected chi connectivity index (χ2v) is 37.3. The van der Waals surface area contributed by atoms with Crippen molar-refractivity contribution >= 4 is 134 Å². The molecule has 6 heteroatoms. The molecule has 0 saturated heterocycles. The summed E-state index contributed by atoms with van der Waals surface area (Å²) < 4.78 is 37.8. The summed E-state index contributed by atoms with van der Waals surface area (Å²) in [7, 11) is -6.91. The Morgan fingerprint density at radius 2 is 0.530 bits per heavy atom. The van der Waals surface area contributed by atoms with Crippen LogP contribution in [0.3, 0.4) is 0 Å². The first-order chi connectivity index (χ1) is 48.5. The minimum atomic E-state index is -2.32. The van der Waals surface area contributed by atoms with Crippen LogP contribution in [0.1, 0.15) is 0 Å². The van der Waals surface area contributed by atoms with E-state index >= 15 is 0 Å². The highest BCUT2D eigenvalue weighted by atomic mass is 31.2. The van der Waals surface area contributed by atoms with Crippen molar-refractivity contribution in [3.63, 3.8) is 0 Å². The van der Waals surface area contributed by atoms with Crippen LogP contribution in [0.25, 0.3) is 164 Å². The lowest BCUT2D eigenvalue weighted by atomic mass is 9.84. The molecule has 0 aliphatic carbocycles. The fraction of sp³-hybridized carbons (Fsp3) is 0.0638. The monoisotopic (exact) mass is 1340 g/mol. The van der Waals surface area contributed by atoms with Gasteiger partial charge in [0.25, 0.3) is 0 Å². The predicted octanol–water partition coefficient (Wildman–Crippen LogP) is 25.6. The van der Waals surface area contributed by atoms with Crippen LogP contribution in [-0.2, 0) is 13.7 Å². The van der Waals surface area contributed by atoms with Crippen molar-refractivity contribution < 1.29 is 13.7 Å². The Hall–Kier alpha value is -10.8. The highest BCUT2D eigenvalue weighted by Crippen LogP contribution is 2.48. The molecule has 0 spiro atoms. The van der Waals surface area contributed by atoms with Gasteiger partial charge in [-0.15, -0.1) is 0 Å². The summed E-state index contributed by atoms with van der Waals surface area (Å²) in [5.41, 5.74) is 14.2. The summed E-state index contributed by atoms with van der Waals surface area (Å²) in [6, 6.07) is 119. The summed E-state index contributed by atoms with van der Waals surface area (Å²) in [5.74, 6) is 0. The van der Waals surface area contributed by atoms with E-state index in [0.29, 0.717) is 0 Å². The van der Waals surface area contributed by atoms with E-state index in [1.165, 1.54) is 136 Å². The van der Waals surface area contributed by atoms with E-state index in [4.69, 9.17) is 0 Å². The minimum absolute atomic E-state index is 0.906. The maximum atomic E-state index is 12.7. The van der Waals surface area contributed by atoms with E-state index in [0.717, 1.165) is 43.7 Å². The number of fused-ring (bicyclic) bond motifs is 6. The van der Waals surface area contributed by atoms with Crippen LogP contribution in [0.5, 0.6) is 0 Å². The van der Waals surface area contributed by atoms with Crippen molar-refractivity contribution in [1.29, 1.82) is 0 Å². The van der Waals surface area contributed by atoms with Gasteiger partial charge in [-0.2, -0.15) is 0 Å². The van der Waals surface area contributed by atoms with Gasteiger partial charge >= 0.3 is 0 Å². The molecule has 0 saturated carbocycles. The smallest absolute Gasteiger partial charge is 0.109 e. The second kappa shape index (κ2) is 25.8. The van der Waals surface area contributed by atoms with Crippen molar-refractivity contribution in [3.05, 3.63) is 334 Å². The molecule has 0 radical (unpaired) electrons. The zero-order valence-electron chi connectivity index (χ0n) is 56.8. The van der Waals surface area contributed by atoms with Crippen LogP contribution in [0.15, 0.2) is 334 Å². The van der Waals surface area contributed by atoms with Gasteiger partial charge in [-0.25, -0.2) is 0 Å². The summed E-state index contributed by atoms with van der Waals surface area (Å²) in [5, 5.41) is 25.4. The van der Waals surface area contributed by atoms with Gasteiger partial charge in [0.05, 0.1) is 0 Å². The van der Waals surface area contributed by atoms with E-state index < -0.39 is 21.4 Å². The van der Waals surface area contributed by atoms with E-state index in [2.05, 4.69) is 297 Å². The first-order valence-corrected chi connectivity index (χ1v) is 41.9. The fourth-order valence-corrected chi connectivity index (χ4v) is 17.5. The third kappa shape index (κ3) is 12.2. The molecule has 18 aromatic carbocycles. The van der Waals surface area contributed by atoms with Crippen molar-refractivity contribution in [3.8, 4) is 66.8 Å². The van der Waals surface area contributed by atoms with Crippen LogP contribution < -0.4 is 15.9 Å². The van der Waals surface area contributed by atoms with Gasteiger partial charge in [-0.3, -0.25) is 0 Å². The maximum Gasteiger partial charge on any atom is 0.109 e. The largest absolute Gasteiger partial charge is 0.319 e. The van der Waals surface area contributed by atoms with Crippen LogP contribution in [0.4, 0.5) is 0 Å². The number of hydrogen-bond acceptors (Lipinski definition) is 3. The van der Waals surface area contributed by atoms with Crippen LogP contribution in [0.2, 0.25) is 0 Å². The van der Waals surface area contributed by atoms with Gasteiger partial charge in [-0.05, 0) is 246 Å². The highest BCUT2D eigenvalue weighted by molar-refractivity contribution is 7.70. The summed E-state index contributed by atoms with van der Waals surface area (Å²) >= 11 is 0. The average molecular weight is 1340 g/mol. The Bertz CT molecular complexity index is 6340. The quantitative estimate of drug-likeness (QED) is 0.0822. The van der Waals surface area contributed by atoms with E-state index in [-0.39, 0.29) is 0 Å². The lowest BCUT2D eigenvalue weighted by Crippen LogP contribution is -2.02. The molecule has 0 N–H and O–H groups in total. The standard InChI is InChI=1S/C42H31OP.C28H23OP.C24H19OP/c1-44(2,43)36-22-19-30(20-23-36)33-21-24-39-40(27-33)42(35-18-16-29-10-4-6-12-32(29)26-35)38-14-8-7-13-37(38)41(39)34-17-15-28-9-3-5-11-31(28)25-34;1-30(2,29)25-14-8-12-21(19-25)20-11-7-13-24(17-20)28-26-15-5-3-9-22(26)18-23-10-4-6-16-27(23)28;1-26(2,25)20-8-4-7-19(15-20)21-13-11-18-10-9-16-5-3-6-17-12-14-22(21)24(18)23(16)17/h3-27H,1-2H3;3-19H,1-2H3;3-15H,1-2H3. The van der Waals surface area contributed by atoms with Gasteiger partial charge in [0.15, 0.2) is 0 Å². The zero-order chi connectivity index (χ0) is 68.4. The molecule has 0 aliphatic heterocycles. The lowest BCUT2D eigenvalue weighted by Gasteiger charge is -2.19. The van der Waals surface area contributed by atoms with Crippen LogP contribution in [-0.4, -0.2) is 40.0 Å². The number of rotatable bonds is 9. The zero-order valence-corrected chi connectivity index (χ0v) is 59.5. The third-order valence-corrected chi connectivity index (χ3v) is 24.5. The summed E-state index contributed by atoms with van der Waals surface area (Å²) in [4.78, 5) is 0. The molecule has 0 heterocycles. The molecular formula is C94H73O3P3. The predicted molar refractivity (Wildman–Crippen MR) is 438 cm³/mol. The number of benzene rings is 18. The molecule has 0 bridgehead atoms. The molecule has 18 rings (SSSR count). The van der Waals surface area contributed by atoms with Gasteiger partial charge in [0, 0.05) is 15.9 Å². The number of hydrogen-bond donors (Lipinski definition) is 0. The van der Waals surface area contributed by atoms with Crippen LogP contribution >= 0.6 is 21.4 Å². The fourth-order valence-electron chi connectivity index (χ4n) is 14.9. The topological polar surface area (TPSA) is 51.2 Å². The van der Waals surface area contributed by atoms with Gasteiger partial charge in [0.1, 0.15) is 21.4 Å². The van der Waals surface area contributed by atoms with E-state index in [1.807, 2.05) is 76.4 Å². The van der Waals surface area contributed by atoms with Gasteiger partial charge in [-0.1, -0.05) is 291 Å². The molecule has 0 aliphatic rings. The molecule has 482 valence electrons. The molecule has 3 nitrogen and oxygen atoms in total. The highest BCUT2D eigenvalue weighted by Gasteiger charge is 2.21. The van der Waals surface area contributed by atoms with Crippen molar-refractivity contribution in [2.45, 2.75) is 0 Å². The average Bonchev–Trinajstić information content (AvgIpc) is 0.737. The lowest BCUT2D eigenvalue weighted by molar-refractivity contribution is 0.587. The molecule has 0 atom stereocenters. The maximum absolute atomic E-state index is 12.7. The Labute approximate surface area is 584 Å². The molecule has 0 fully saturated rings. The normalized spacial score (nSPS) is 12.0. The van der Waals surface area contributed by atoms with Crippen molar-refractivity contribution in [1.82, 2.24) is 0 Å². The molecule has 0 amide bonds. The Morgan fingerprint density at radius 1 is 0.180 bits per heavy atom. The summed E-state index contributed by atoms with van der Waals surface area (Å²) in [6.07, 6.45) is 0. The van der Waals surface area contributed by atoms with Crippen LogP contribution in [0, 0.1) is 0 Å². The second-order valence-electron chi connectivity index (χ2n) is 27.6. The summed E-state index contributed by atoms with van der Waals surface area (Å²) in [6.45, 7) is 11.0. The first kappa shape index (κ1) is 64.0. The van der Waals surface area contributed by atoms with Crippen molar-refractivity contribution in [2.24, 2.45) is 0 Å². The van der Waals surface area contributed by atoms with E-state index in [1.54, 1.807) is 0 Å². The minimum Gasteiger partial charge on any atom is -0.319 e. The van der Waals surface area contributed by atoms with Gasteiger partial charge in [0.2, 0.25) is 0 Å². The Morgan fingerprint density at radius 3 is 1.10 bits per heavy atom. The Kier molecular flexibility index (Phi) is 16.5. The molecule has 18 aromatic rings. The van der Waals surface area contributed by atoms with Crippen molar-refractivity contribution in [2.75, 3.05) is 40.0 Å². The SMILES string of the molecule is CP(C)(=O)c1ccc(-c2ccc3c(-c4ccc5ccccc5c4)c4ccccc4c(-c4ccc5ccccc5c4)c3c2)cc1.CP(C)(=O)c1cccc(-c2ccc3ccc4cccc5ccc2c3c45)c1.CP(C)(=O)c1cccc(-c2cccc(-c3c4ccccc4cc4ccccc34)c2)c1. The molecule has 0 unspecified atom stereocenters.